The van der Waals surface area contributed by atoms with Crippen LogP contribution in [0.1, 0.15) is 25.7 Å². The predicted octanol–water partition coefficient (Wildman–Crippen LogP) is 3.68. The van der Waals surface area contributed by atoms with Gasteiger partial charge in [0.2, 0.25) is 15.9 Å². The van der Waals surface area contributed by atoms with E-state index in [2.05, 4.69) is 5.32 Å². The second kappa shape index (κ2) is 8.32. The van der Waals surface area contributed by atoms with Crippen LogP contribution in [0.5, 0.6) is 0 Å². The van der Waals surface area contributed by atoms with Gasteiger partial charge in [0.15, 0.2) is 0 Å². The molecule has 0 bridgehead atoms. The van der Waals surface area contributed by atoms with Crippen molar-refractivity contribution in [2.45, 2.75) is 36.6 Å². The van der Waals surface area contributed by atoms with Crippen LogP contribution in [-0.4, -0.2) is 31.2 Å². The first-order valence-corrected chi connectivity index (χ1v) is 10.2. The van der Waals surface area contributed by atoms with E-state index >= 15 is 0 Å². The van der Waals surface area contributed by atoms with Gasteiger partial charge in [0.25, 0.3) is 0 Å². The maximum atomic E-state index is 13.7. The number of halogens is 3. The summed E-state index contributed by atoms with van der Waals surface area (Å²) in [4.78, 5) is 12.3. The Bertz CT molecular complexity index is 965. The number of carbonyl (C=O) groups excluding carboxylic acids is 1. The van der Waals surface area contributed by atoms with Gasteiger partial charge in [0.1, 0.15) is 17.5 Å². The van der Waals surface area contributed by atoms with Crippen LogP contribution in [0.2, 0.25) is 0 Å². The summed E-state index contributed by atoms with van der Waals surface area (Å²) < 4.78 is 66.9. The lowest BCUT2D eigenvalue weighted by molar-refractivity contribution is -0.117. The minimum Gasteiger partial charge on any atom is -0.324 e. The maximum Gasteiger partial charge on any atom is 0.243 e. The van der Waals surface area contributed by atoms with Crippen molar-refractivity contribution in [1.82, 2.24) is 4.31 Å². The Morgan fingerprint density at radius 1 is 1.04 bits per heavy atom. The molecule has 1 aliphatic heterocycles. The first-order chi connectivity index (χ1) is 13.3. The van der Waals surface area contributed by atoms with Gasteiger partial charge in [-0.05, 0) is 49.2 Å². The smallest absolute Gasteiger partial charge is 0.243 e. The van der Waals surface area contributed by atoms with Gasteiger partial charge < -0.3 is 5.32 Å². The SMILES string of the molecule is O=C(CC1CCCCN1S(=O)(=O)c1ccc(F)cc1)Nc1ccc(F)cc1F. The molecular formula is C19H19F3N2O3S. The lowest BCUT2D eigenvalue weighted by Gasteiger charge is -2.34. The molecule has 0 spiro atoms. The molecule has 1 amide bonds. The van der Waals surface area contributed by atoms with Gasteiger partial charge in [-0.15, -0.1) is 0 Å². The highest BCUT2D eigenvalue weighted by atomic mass is 32.2. The Balaban J connectivity index is 1.75. The number of nitrogens with zero attached hydrogens (tertiary/aromatic N) is 1. The van der Waals surface area contributed by atoms with E-state index < -0.39 is 39.4 Å². The van der Waals surface area contributed by atoms with E-state index in [0.717, 1.165) is 30.7 Å². The Morgan fingerprint density at radius 3 is 2.39 bits per heavy atom. The van der Waals surface area contributed by atoms with Crippen LogP contribution >= 0.6 is 0 Å². The first kappa shape index (κ1) is 20.3. The van der Waals surface area contributed by atoms with Crippen molar-refractivity contribution >= 4 is 21.6 Å². The van der Waals surface area contributed by atoms with Crippen LogP contribution in [0.25, 0.3) is 0 Å². The third kappa shape index (κ3) is 4.53. The molecule has 28 heavy (non-hydrogen) atoms. The van der Waals surface area contributed by atoms with Gasteiger partial charge >= 0.3 is 0 Å². The summed E-state index contributed by atoms with van der Waals surface area (Å²) in [6, 6.07) is 6.68. The van der Waals surface area contributed by atoms with E-state index in [4.69, 9.17) is 0 Å². The predicted molar refractivity (Wildman–Crippen MR) is 97.5 cm³/mol. The topological polar surface area (TPSA) is 66.5 Å². The fourth-order valence-electron chi connectivity index (χ4n) is 3.24. The molecule has 1 fully saturated rings. The van der Waals surface area contributed by atoms with Gasteiger partial charge in [-0.1, -0.05) is 6.42 Å². The zero-order valence-corrected chi connectivity index (χ0v) is 15.7. The molecule has 0 radical (unpaired) electrons. The van der Waals surface area contributed by atoms with Crippen LogP contribution in [-0.2, 0) is 14.8 Å². The summed E-state index contributed by atoms with van der Waals surface area (Å²) in [5.74, 6) is -2.79. The summed E-state index contributed by atoms with van der Waals surface area (Å²) in [7, 11) is -3.90. The molecule has 0 saturated carbocycles. The van der Waals surface area contributed by atoms with Crippen molar-refractivity contribution in [3.63, 3.8) is 0 Å². The third-order valence-corrected chi connectivity index (χ3v) is 6.59. The molecule has 5 nitrogen and oxygen atoms in total. The molecule has 1 heterocycles. The van der Waals surface area contributed by atoms with E-state index in [-0.39, 0.29) is 23.5 Å². The summed E-state index contributed by atoms with van der Waals surface area (Å²) in [5, 5.41) is 2.35. The van der Waals surface area contributed by atoms with Crippen LogP contribution in [0.3, 0.4) is 0 Å². The van der Waals surface area contributed by atoms with Gasteiger partial charge in [0, 0.05) is 25.1 Å². The van der Waals surface area contributed by atoms with Gasteiger partial charge in [0.05, 0.1) is 10.6 Å². The maximum absolute atomic E-state index is 13.7. The molecule has 150 valence electrons. The van der Waals surface area contributed by atoms with Crippen LogP contribution in [0.15, 0.2) is 47.4 Å². The Hall–Kier alpha value is -2.39. The monoisotopic (exact) mass is 412 g/mol. The lowest BCUT2D eigenvalue weighted by atomic mass is 10.0. The quantitative estimate of drug-likeness (QED) is 0.815. The van der Waals surface area contributed by atoms with Crippen LogP contribution < -0.4 is 5.32 Å². The second-order valence-corrected chi connectivity index (χ2v) is 8.49. The Morgan fingerprint density at radius 2 is 1.71 bits per heavy atom. The molecule has 1 N–H and O–H groups in total. The van der Waals surface area contributed by atoms with Crippen LogP contribution in [0.4, 0.5) is 18.9 Å². The van der Waals surface area contributed by atoms with Crippen molar-refractivity contribution < 1.29 is 26.4 Å². The highest BCUT2D eigenvalue weighted by Gasteiger charge is 2.34. The van der Waals surface area contributed by atoms with Crippen molar-refractivity contribution in [2.24, 2.45) is 0 Å². The second-order valence-electron chi connectivity index (χ2n) is 6.60. The van der Waals surface area contributed by atoms with Crippen molar-refractivity contribution in [3.05, 3.63) is 59.9 Å². The number of hydrogen-bond donors (Lipinski definition) is 1. The molecule has 2 aromatic rings. The molecule has 0 aliphatic carbocycles. The fraction of sp³-hybridized carbons (Fsp3) is 0.316. The van der Waals surface area contributed by atoms with Crippen molar-refractivity contribution in [2.75, 3.05) is 11.9 Å². The number of piperidine rings is 1. The number of hydrogen-bond acceptors (Lipinski definition) is 3. The minimum atomic E-state index is -3.90. The Kier molecular flexibility index (Phi) is 6.04. The molecule has 1 saturated heterocycles. The minimum absolute atomic E-state index is 0.0502. The highest BCUT2D eigenvalue weighted by Crippen LogP contribution is 2.28. The first-order valence-electron chi connectivity index (χ1n) is 8.79. The number of nitrogens with one attached hydrogen (secondary N) is 1. The van der Waals surface area contributed by atoms with Gasteiger partial charge in [-0.25, -0.2) is 21.6 Å². The van der Waals surface area contributed by atoms with E-state index in [1.807, 2.05) is 0 Å². The highest BCUT2D eigenvalue weighted by molar-refractivity contribution is 7.89. The summed E-state index contributed by atoms with van der Waals surface area (Å²) in [6.07, 6.45) is 1.69. The van der Waals surface area contributed by atoms with E-state index in [1.54, 1.807) is 0 Å². The molecule has 1 aliphatic rings. The molecule has 1 unspecified atom stereocenters. The number of rotatable bonds is 5. The van der Waals surface area contributed by atoms with E-state index in [0.29, 0.717) is 18.9 Å². The third-order valence-electron chi connectivity index (χ3n) is 4.62. The number of anilines is 1. The van der Waals surface area contributed by atoms with E-state index in [9.17, 15) is 26.4 Å². The number of sulfonamides is 1. The average molecular weight is 412 g/mol. The number of carbonyl (C=O) groups is 1. The average Bonchev–Trinajstić information content (AvgIpc) is 2.65. The summed E-state index contributed by atoms with van der Waals surface area (Å²) >= 11 is 0. The molecule has 9 heteroatoms. The molecule has 1 atom stereocenters. The molecular weight excluding hydrogens is 393 g/mol. The summed E-state index contributed by atoms with van der Waals surface area (Å²) in [6.45, 7) is 0.239. The lowest BCUT2D eigenvalue weighted by Crippen LogP contribution is -2.45. The number of amides is 1. The molecule has 2 aromatic carbocycles. The zero-order valence-electron chi connectivity index (χ0n) is 14.9. The van der Waals surface area contributed by atoms with Gasteiger partial charge in [-0.2, -0.15) is 4.31 Å². The van der Waals surface area contributed by atoms with Crippen LogP contribution in [0, 0.1) is 17.5 Å². The normalized spacial score (nSPS) is 18.0. The fourth-order valence-corrected chi connectivity index (χ4v) is 4.94. The molecule has 3 rings (SSSR count). The Labute approximate surface area is 161 Å². The summed E-state index contributed by atoms with van der Waals surface area (Å²) in [5.41, 5.74) is -0.171. The largest absolute Gasteiger partial charge is 0.324 e. The standard InChI is InChI=1S/C19H19F3N2O3S/c20-13-4-7-16(8-5-13)28(26,27)24-10-2-1-3-15(24)12-19(25)23-18-9-6-14(21)11-17(18)22/h4-9,11,15H,1-3,10,12H2,(H,23,25). The van der Waals surface area contributed by atoms with Gasteiger partial charge in [-0.3, -0.25) is 4.79 Å². The van der Waals surface area contributed by atoms with Crippen molar-refractivity contribution in [3.8, 4) is 0 Å². The molecule has 0 aromatic heterocycles. The number of benzene rings is 2. The van der Waals surface area contributed by atoms with E-state index in [1.165, 1.54) is 16.4 Å². The van der Waals surface area contributed by atoms with Crippen molar-refractivity contribution in [1.29, 1.82) is 0 Å². The zero-order chi connectivity index (χ0) is 20.3.